The van der Waals surface area contributed by atoms with E-state index in [9.17, 15) is 0 Å². The van der Waals surface area contributed by atoms with Crippen LogP contribution in [0.15, 0.2) is 16.2 Å². The number of hydrogen-bond donors (Lipinski definition) is 0. The zero-order valence-electron chi connectivity index (χ0n) is 11.6. The van der Waals surface area contributed by atoms with Crippen LogP contribution in [0.1, 0.15) is 38.4 Å². The molecule has 1 aliphatic rings. The van der Waals surface area contributed by atoms with Crippen molar-refractivity contribution in [1.29, 1.82) is 0 Å². The zero-order valence-corrected chi connectivity index (χ0v) is 11.6. The molecule has 98 valence electrons. The third-order valence-electron chi connectivity index (χ3n) is 3.37. The summed E-state index contributed by atoms with van der Waals surface area (Å²) >= 11 is 0. The predicted molar refractivity (Wildman–Crippen MR) is 75.7 cm³/mol. The Kier molecular flexibility index (Phi) is 4.45. The maximum atomic E-state index is 5.32. The van der Waals surface area contributed by atoms with Crippen molar-refractivity contribution in [2.75, 3.05) is 18.0 Å². The Morgan fingerprint density at radius 3 is 2.89 bits per heavy atom. The SMILES string of the molecule is CBCCC1=CCN(c2nc(C(C)C)no2)CC1. The smallest absolute Gasteiger partial charge is 0.320 e. The van der Waals surface area contributed by atoms with Gasteiger partial charge >= 0.3 is 6.01 Å². The molecule has 0 N–H and O–H groups in total. The van der Waals surface area contributed by atoms with E-state index in [1.54, 1.807) is 5.57 Å². The third kappa shape index (κ3) is 3.15. The Balaban J connectivity index is 1.94. The van der Waals surface area contributed by atoms with Crippen LogP contribution in [-0.2, 0) is 0 Å². The molecule has 0 amide bonds. The molecule has 2 heterocycles. The van der Waals surface area contributed by atoms with Crippen molar-refractivity contribution in [2.24, 2.45) is 0 Å². The van der Waals surface area contributed by atoms with Gasteiger partial charge in [0.15, 0.2) is 5.82 Å². The van der Waals surface area contributed by atoms with E-state index in [4.69, 9.17) is 4.52 Å². The summed E-state index contributed by atoms with van der Waals surface area (Å²) < 4.78 is 5.32. The molecule has 0 bridgehead atoms. The van der Waals surface area contributed by atoms with Gasteiger partial charge in [-0.05, 0) is 12.8 Å². The Hall–Kier alpha value is -1.26. The second kappa shape index (κ2) is 6.07. The summed E-state index contributed by atoms with van der Waals surface area (Å²) in [6.07, 6.45) is 5.98. The molecule has 1 aromatic heterocycles. The van der Waals surface area contributed by atoms with E-state index >= 15 is 0 Å². The van der Waals surface area contributed by atoms with Crippen LogP contribution >= 0.6 is 0 Å². The van der Waals surface area contributed by atoms with Gasteiger partial charge in [0.2, 0.25) is 0 Å². The summed E-state index contributed by atoms with van der Waals surface area (Å²) in [5.74, 6) is 1.12. The van der Waals surface area contributed by atoms with E-state index in [-0.39, 0.29) is 0 Å². The summed E-state index contributed by atoms with van der Waals surface area (Å²) in [6, 6.07) is 0.671. The summed E-state index contributed by atoms with van der Waals surface area (Å²) in [6.45, 7) is 8.29. The molecule has 18 heavy (non-hydrogen) atoms. The summed E-state index contributed by atoms with van der Waals surface area (Å²) in [7, 11) is 1.27. The lowest BCUT2D eigenvalue weighted by Gasteiger charge is -2.24. The number of rotatable bonds is 5. The summed E-state index contributed by atoms with van der Waals surface area (Å²) in [5, 5.41) is 4.01. The maximum Gasteiger partial charge on any atom is 0.324 e. The average molecular weight is 247 g/mol. The van der Waals surface area contributed by atoms with Crippen LogP contribution in [0.25, 0.3) is 0 Å². The van der Waals surface area contributed by atoms with Crippen LogP contribution in [0.4, 0.5) is 6.01 Å². The number of anilines is 1. The molecule has 0 saturated carbocycles. The van der Waals surface area contributed by atoms with Crippen LogP contribution in [-0.4, -0.2) is 30.5 Å². The molecule has 0 fully saturated rings. The highest BCUT2D eigenvalue weighted by molar-refractivity contribution is 6.33. The van der Waals surface area contributed by atoms with Gasteiger partial charge in [0.05, 0.1) is 0 Å². The normalized spacial score (nSPS) is 16.0. The molecule has 2 rings (SSSR count). The van der Waals surface area contributed by atoms with E-state index in [1.165, 1.54) is 20.0 Å². The van der Waals surface area contributed by atoms with Crippen LogP contribution in [0.3, 0.4) is 0 Å². The highest BCUT2D eigenvalue weighted by Gasteiger charge is 2.18. The molecule has 5 heteroatoms. The van der Waals surface area contributed by atoms with Gasteiger partial charge in [0, 0.05) is 19.0 Å². The van der Waals surface area contributed by atoms with Gasteiger partial charge in [-0.15, -0.1) is 0 Å². The van der Waals surface area contributed by atoms with E-state index in [0.29, 0.717) is 11.9 Å². The molecule has 1 aliphatic heterocycles. The quantitative estimate of drug-likeness (QED) is 0.592. The monoisotopic (exact) mass is 247 g/mol. The first-order valence-electron chi connectivity index (χ1n) is 6.97. The molecule has 1 aromatic rings. The largest absolute Gasteiger partial charge is 0.324 e. The van der Waals surface area contributed by atoms with Gasteiger partial charge < -0.3 is 9.42 Å². The van der Waals surface area contributed by atoms with Gasteiger partial charge in [-0.25, -0.2) is 0 Å². The zero-order chi connectivity index (χ0) is 13.0. The van der Waals surface area contributed by atoms with Gasteiger partial charge in [-0.2, -0.15) is 4.98 Å². The predicted octanol–water partition coefficient (Wildman–Crippen LogP) is 2.62. The van der Waals surface area contributed by atoms with Crippen molar-refractivity contribution in [3.05, 3.63) is 17.5 Å². The second-order valence-electron chi connectivity index (χ2n) is 5.25. The molecule has 0 spiro atoms. The van der Waals surface area contributed by atoms with Gasteiger partial charge in [0.25, 0.3) is 0 Å². The first-order chi connectivity index (χ1) is 8.70. The number of hydrogen-bond acceptors (Lipinski definition) is 4. The van der Waals surface area contributed by atoms with Gasteiger partial charge in [-0.3, -0.25) is 0 Å². The maximum absolute atomic E-state index is 5.32. The molecule has 0 atom stereocenters. The fraction of sp³-hybridized carbons (Fsp3) is 0.692. The molecule has 0 aliphatic carbocycles. The van der Waals surface area contributed by atoms with E-state index in [1.807, 2.05) is 0 Å². The third-order valence-corrected chi connectivity index (χ3v) is 3.37. The topological polar surface area (TPSA) is 42.2 Å². The Morgan fingerprint density at radius 1 is 1.50 bits per heavy atom. The van der Waals surface area contributed by atoms with E-state index in [0.717, 1.165) is 25.3 Å². The van der Waals surface area contributed by atoms with Crippen LogP contribution in [0.2, 0.25) is 13.1 Å². The Labute approximate surface area is 110 Å². The molecule has 4 nitrogen and oxygen atoms in total. The Morgan fingerprint density at radius 2 is 2.33 bits per heavy atom. The van der Waals surface area contributed by atoms with Crippen molar-refractivity contribution < 1.29 is 4.52 Å². The molecular weight excluding hydrogens is 225 g/mol. The number of nitrogens with zero attached hydrogens (tertiary/aromatic N) is 3. The molecule has 0 saturated heterocycles. The summed E-state index contributed by atoms with van der Waals surface area (Å²) in [4.78, 5) is 6.60. The first kappa shape index (κ1) is 13.2. The van der Waals surface area contributed by atoms with Gasteiger partial charge in [0.1, 0.15) is 7.28 Å². The fourth-order valence-electron chi connectivity index (χ4n) is 2.11. The lowest BCUT2D eigenvalue weighted by atomic mass is 9.75. The lowest BCUT2D eigenvalue weighted by Crippen LogP contribution is -2.28. The minimum Gasteiger partial charge on any atom is -0.320 e. The second-order valence-corrected chi connectivity index (χ2v) is 5.25. The molecule has 0 radical (unpaired) electrons. The van der Waals surface area contributed by atoms with Crippen molar-refractivity contribution in [3.8, 4) is 0 Å². The minimum absolute atomic E-state index is 0.322. The highest BCUT2D eigenvalue weighted by atomic mass is 16.5. The molecular formula is C13H22BN3O. The van der Waals surface area contributed by atoms with Crippen molar-refractivity contribution in [1.82, 2.24) is 10.1 Å². The van der Waals surface area contributed by atoms with Crippen molar-refractivity contribution in [2.45, 2.75) is 45.8 Å². The summed E-state index contributed by atoms with van der Waals surface area (Å²) in [5.41, 5.74) is 1.58. The molecule has 0 unspecified atom stereocenters. The van der Waals surface area contributed by atoms with Gasteiger partial charge in [-0.1, -0.05) is 43.8 Å². The van der Waals surface area contributed by atoms with Crippen molar-refractivity contribution in [3.63, 3.8) is 0 Å². The minimum atomic E-state index is 0.322. The van der Waals surface area contributed by atoms with Crippen molar-refractivity contribution >= 4 is 13.3 Å². The lowest BCUT2D eigenvalue weighted by molar-refractivity contribution is 0.404. The van der Waals surface area contributed by atoms with E-state index < -0.39 is 0 Å². The highest BCUT2D eigenvalue weighted by Crippen LogP contribution is 2.22. The molecule has 0 aromatic carbocycles. The Bertz CT molecular complexity index is 414. The standard InChI is InChI=1S/C13H22BN3O/c1-10(2)12-15-13(18-16-12)17-8-5-11(6-9-17)4-7-14-3/h5,10,14H,4,6-9H2,1-3H3. The fourth-order valence-corrected chi connectivity index (χ4v) is 2.11. The van der Waals surface area contributed by atoms with Crippen LogP contribution in [0.5, 0.6) is 0 Å². The number of aromatic nitrogens is 2. The van der Waals surface area contributed by atoms with E-state index in [2.05, 4.69) is 41.8 Å². The van der Waals surface area contributed by atoms with Crippen LogP contribution < -0.4 is 4.90 Å². The first-order valence-corrected chi connectivity index (χ1v) is 6.97. The van der Waals surface area contributed by atoms with Crippen LogP contribution in [0, 0.1) is 0 Å². The average Bonchev–Trinajstić information content (AvgIpc) is 2.87.